The van der Waals surface area contributed by atoms with Crippen LogP contribution in [0.1, 0.15) is 73.5 Å². The van der Waals surface area contributed by atoms with E-state index in [4.69, 9.17) is 4.74 Å². The Hall–Kier alpha value is -2.75. The Kier molecular flexibility index (Phi) is 6.41. The summed E-state index contributed by atoms with van der Waals surface area (Å²) in [4.78, 5) is 21.9. The van der Waals surface area contributed by atoms with Crippen LogP contribution in [0.25, 0.3) is 11.0 Å². The van der Waals surface area contributed by atoms with Gasteiger partial charge in [-0.3, -0.25) is 14.0 Å². The third-order valence-corrected chi connectivity index (χ3v) is 7.45. The molecule has 2 aliphatic carbocycles. The second-order valence-electron chi connectivity index (χ2n) is 9.87. The number of hydrogen-bond acceptors (Lipinski definition) is 5. The summed E-state index contributed by atoms with van der Waals surface area (Å²) in [6, 6.07) is 4.57. The van der Waals surface area contributed by atoms with E-state index in [-0.39, 0.29) is 30.2 Å². The SMILES string of the molecule is Cc1nc2nc(C3CCOCC3)cc(C3CC(C(F)(F)F)C3)c2c(=O)n1C.c1cnn(C2CC2)c1. The van der Waals surface area contributed by atoms with Gasteiger partial charge in [0.1, 0.15) is 5.82 Å². The van der Waals surface area contributed by atoms with Crippen LogP contribution in [-0.2, 0) is 11.8 Å². The van der Waals surface area contributed by atoms with Gasteiger partial charge in [-0.05, 0) is 69.1 Å². The van der Waals surface area contributed by atoms with Crippen molar-refractivity contribution in [3.8, 4) is 0 Å². The Morgan fingerprint density at radius 1 is 1.06 bits per heavy atom. The number of halogens is 3. The van der Waals surface area contributed by atoms with E-state index in [1.165, 1.54) is 17.4 Å². The molecule has 3 aromatic rings. The van der Waals surface area contributed by atoms with Crippen LogP contribution in [0, 0.1) is 12.8 Å². The fourth-order valence-corrected chi connectivity index (χ4v) is 4.91. The van der Waals surface area contributed by atoms with Crippen molar-refractivity contribution >= 4 is 11.0 Å². The van der Waals surface area contributed by atoms with E-state index in [9.17, 15) is 18.0 Å². The van der Waals surface area contributed by atoms with Crippen LogP contribution in [0.5, 0.6) is 0 Å². The molecule has 10 heteroatoms. The zero-order valence-corrected chi connectivity index (χ0v) is 20.0. The maximum absolute atomic E-state index is 13.0. The number of fused-ring (bicyclic) bond motifs is 1. The van der Waals surface area contributed by atoms with Crippen LogP contribution in [0.15, 0.2) is 29.3 Å². The fraction of sp³-hybridized carbons (Fsp3) is 0.600. The molecule has 0 aromatic carbocycles. The van der Waals surface area contributed by atoms with Crippen LogP contribution >= 0.6 is 0 Å². The number of alkyl halides is 3. The molecule has 1 aliphatic heterocycles. The van der Waals surface area contributed by atoms with E-state index >= 15 is 0 Å². The Morgan fingerprint density at radius 3 is 2.37 bits per heavy atom. The molecule has 0 unspecified atom stereocenters. The van der Waals surface area contributed by atoms with E-state index in [2.05, 4.69) is 15.1 Å². The lowest BCUT2D eigenvalue weighted by Crippen LogP contribution is -2.35. The van der Waals surface area contributed by atoms with Crippen molar-refractivity contribution < 1.29 is 17.9 Å². The molecule has 0 radical (unpaired) electrons. The number of rotatable bonds is 3. The molecule has 0 spiro atoms. The van der Waals surface area contributed by atoms with Crippen molar-refractivity contribution in [2.45, 2.75) is 69.5 Å². The van der Waals surface area contributed by atoms with Gasteiger partial charge in [0.15, 0.2) is 5.65 Å². The van der Waals surface area contributed by atoms with E-state index in [1.54, 1.807) is 14.0 Å². The minimum absolute atomic E-state index is 0.0207. The summed E-state index contributed by atoms with van der Waals surface area (Å²) in [5.41, 5.74) is 1.60. The molecule has 3 aromatic heterocycles. The van der Waals surface area contributed by atoms with E-state index in [0.717, 1.165) is 24.6 Å². The summed E-state index contributed by atoms with van der Waals surface area (Å²) < 4.78 is 47.8. The zero-order chi connectivity index (χ0) is 24.7. The molecule has 4 heterocycles. The molecular formula is C25H30F3N5O2. The Morgan fingerprint density at radius 2 is 1.77 bits per heavy atom. The minimum atomic E-state index is -4.18. The number of hydrogen-bond donors (Lipinski definition) is 0. The largest absolute Gasteiger partial charge is 0.391 e. The van der Waals surface area contributed by atoms with Crippen molar-refractivity contribution in [3.05, 3.63) is 52.0 Å². The summed E-state index contributed by atoms with van der Waals surface area (Å²) in [5, 5.41) is 4.46. The fourth-order valence-electron chi connectivity index (χ4n) is 4.91. The Bertz CT molecular complexity index is 1240. The first-order valence-electron chi connectivity index (χ1n) is 12.2. The second kappa shape index (κ2) is 9.37. The highest BCUT2D eigenvalue weighted by Crippen LogP contribution is 2.50. The maximum atomic E-state index is 13.0. The summed E-state index contributed by atoms with van der Waals surface area (Å²) in [6.45, 7) is 3.01. The number of aromatic nitrogens is 5. The molecule has 0 atom stereocenters. The lowest BCUT2D eigenvalue weighted by atomic mass is 9.70. The highest BCUT2D eigenvalue weighted by atomic mass is 19.4. The number of nitrogens with zero attached hydrogens (tertiary/aromatic N) is 5. The van der Waals surface area contributed by atoms with Gasteiger partial charge in [0, 0.05) is 44.3 Å². The van der Waals surface area contributed by atoms with Gasteiger partial charge in [0.2, 0.25) is 0 Å². The predicted octanol–water partition coefficient (Wildman–Crippen LogP) is 4.80. The molecule has 6 rings (SSSR count). The maximum Gasteiger partial charge on any atom is 0.391 e. The van der Waals surface area contributed by atoms with Crippen LogP contribution in [0.2, 0.25) is 0 Å². The van der Waals surface area contributed by atoms with Crippen LogP contribution in [0.4, 0.5) is 13.2 Å². The van der Waals surface area contributed by atoms with Gasteiger partial charge in [-0.15, -0.1) is 0 Å². The van der Waals surface area contributed by atoms with Gasteiger partial charge < -0.3 is 4.74 Å². The quantitative estimate of drug-likeness (QED) is 0.528. The average molecular weight is 490 g/mol. The molecule has 3 aliphatic rings. The van der Waals surface area contributed by atoms with E-state index < -0.39 is 12.1 Å². The second-order valence-corrected chi connectivity index (χ2v) is 9.87. The zero-order valence-electron chi connectivity index (χ0n) is 20.0. The van der Waals surface area contributed by atoms with Crippen molar-refractivity contribution in [2.24, 2.45) is 13.0 Å². The summed E-state index contributed by atoms with van der Waals surface area (Å²) in [5.74, 6) is -0.846. The normalized spacial score (nSPS) is 23.0. The van der Waals surface area contributed by atoms with Crippen molar-refractivity contribution in [1.29, 1.82) is 0 Å². The summed E-state index contributed by atoms with van der Waals surface area (Å²) in [6.07, 6.45) is 4.00. The average Bonchev–Trinajstić information content (AvgIpc) is 3.50. The van der Waals surface area contributed by atoms with Crippen molar-refractivity contribution in [2.75, 3.05) is 13.2 Å². The van der Waals surface area contributed by atoms with E-state index in [0.29, 0.717) is 35.6 Å². The summed E-state index contributed by atoms with van der Waals surface area (Å²) >= 11 is 0. The summed E-state index contributed by atoms with van der Waals surface area (Å²) in [7, 11) is 1.62. The molecule has 2 saturated carbocycles. The molecule has 3 fully saturated rings. The van der Waals surface area contributed by atoms with Gasteiger partial charge in [-0.1, -0.05) is 0 Å². The van der Waals surface area contributed by atoms with Gasteiger partial charge in [0.25, 0.3) is 5.56 Å². The van der Waals surface area contributed by atoms with Crippen molar-refractivity contribution in [1.82, 2.24) is 24.3 Å². The molecule has 0 N–H and O–H groups in total. The third-order valence-electron chi connectivity index (χ3n) is 7.45. The number of aryl methyl sites for hydroxylation is 1. The highest BCUT2D eigenvalue weighted by Gasteiger charge is 2.48. The third kappa shape index (κ3) is 4.98. The smallest absolute Gasteiger partial charge is 0.381 e. The molecule has 188 valence electrons. The number of pyridine rings is 1. The Balaban J connectivity index is 0.000000265. The first-order chi connectivity index (χ1) is 16.7. The monoisotopic (exact) mass is 489 g/mol. The van der Waals surface area contributed by atoms with E-state index in [1.807, 2.05) is 29.2 Å². The standard InChI is InChI=1S/C19H22F3N3O2.C6H8N2/c1-10-23-17-16(18(26)25(10)2)14(12-7-13(8-12)19(20,21)22)9-15(24-17)11-3-5-27-6-4-11;1-4-7-8(5-1)6-2-3-6/h9,11-13H,3-8H2,1-2H3;1,4-6H,2-3H2. The van der Waals surface area contributed by atoms with Gasteiger partial charge in [0.05, 0.1) is 17.3 Å². The van der Waals surface area contributed by atoms with Crippen LogP contribution in [0.3, 0.4) is 0 Å². The first-order valence-corrected chi connectivity index (χ1v) is 12.2. The molecular weight excluding hydrogens is 459 g/mol. The first kappa shape index (κ1) is 24.0. The molecule has 7 nitrogen and oxygen atoms in total. The number of ether oxygens (including phenoxy) is 1. The van der Waals surface area contributed by atoms with Gasteiger partial charge >= 0.3 is 6.18 Å². The molecule has 35 heavy (non-hydrogen) atoms. The lowest BCUT2D eigenvalue weighted by molar-refractivity contribution is -0.197. The molecule has 0 amide bonds. The highest BCUT2D eigenvalue weighted by molar-refractivity contribution is 5.79. The lowest BCUT2D eigenvalue weighted by Gasteiger charge is -2.37. The van der Waals surface area contributed by atoms with Gasteiger partial charge in [-0.25, -0.2) is 9.97 Å². The van der Waals surface area contributed by atoms with Crippen LogP contribution in [-0.4, -0.2) is 43.7 Å². The predicted molar refractivity (Wildman–Crippen MR) is 124 cm³/mol. The molecule has 0 bridgehead atoms. The van der Waals surface area contributed by atoms with Crippen molar-refractivity contribution in [3.63, 3.8) is 0 Å². The minimum Gasteiger partial charge on any atom is -0.381 e. The van der Waals surface area contributed by atoms with Gasteiger partial charge in [-0.2, -0.15) is 18.3 Å². The topological polar surface area (TPSA) is 74.8 Å². The van der Waals surface area contributed by atoms with Crippen LogP contribution < -0.4 is 5.56 Å². The molecule has 1 saturated heterocycles. The Labute approximate surface area is 201 Å².